The number of nitrogens with two attached hydrogens (primary N) is 1. The van der Waals surface area contributed by atoms with E-state index in [4.69, 9.17) is 5.84 Å². The molecule has 5 heteroatoms. The number of hydrazine groups is 1. The molecule has 1 saturated carbocycles. The van der Waals surface area contributed by atoms with E-state index in [-0.39, 0.29) is 0 Å². The Morgan fingerprint density at radius 3 is 2.39 bits per heavy atom. The molecule has 0 radical (unpaired) electrons. The molecule has 0 spiro atoms. The molecule has 0 heterocycles. The number of guanidine groups is 1. The summed E-state index contributed by atoms with van der Waals surface area (Å²) in [5.74, 6) is 6.38. The normalized spacial score (nSPS) is 18.7. The highest BCUT2D eigenvalue weighted by Gasteiger charge is 2.40. The van der Waals surface area contributed by atoms with Crippen molar-refractivity contribution in [3.8, 4) is 0 Å². The van der Waals surface area contributed by atoms with Crippen molar-refractivity contribution in [1.82, 2.24) is 15.2 Å². The van der Waals surface area contributed by atoms with E-state index >= 15 is 0 Å². The summed E-state index contributed by atoms with van der Waals surface area (Å²) in [5, 5.41) is 0. The second-order valence-electron chi connectivity index (χ2n) is 5.53. The van der Waals surface area contributed by atoms with Crippen LogP contribution in [0.2, 0.25) is 0 Å². The molecule has 106 valence electrons. The number of likely N-dealkylation sites (N-methyl/N-ethyl adjacent to an activating group) is 2. The van der Waals surface area contributed by atoms with Gasteiger partial charge in [0.05, 0.1) is 0 Å². The van der Waals surface area contributed by atoms with Gasteiger partial charge in [0.15, 0.2) is 0 Å². The Kier molecular flexibility index (Phi) is 5.88. The maximum atomic E-state index is 5.57. The van der Waals surface area contributed by atoms with E-state index in [1.807, 2.05) is 0 Å². The second kappa shape index (κ2) is 6.95. The Morgan fingerprint density at radius 1 is 1.33 bits per heavy atom. The molecule has 0 amide bonds. The smallest absolute Gasteiger partial charge is 0.208 e. The summed E-state index contributed by atoms with van der Waals surface area (Å²) in [5.41, 5.74) is 3.03. The average Bonchev–Trinajstić information content (AvgIpc) is 2.28. The summed E-state index contributed by atoms with van der Waals surface area (Å²) in [6, 6.07) is 0. The van der Waals surface area contributed by atoms with Gasteiger partial charge in [-0.1, -0.05) is 13.3 Å². The van der Waals surface area contributed by atoms with Crippen molar-refractivity contribution < 1.29 is 0 Å². The van der Waals surface area contributed by atoms with Crippen molar-refractivity contribution in [2.24, 2.45) is 10.8 Å². The summed E-state index contributed by atoms with van der Waals surface area (Å²) in [7, 11) is 6.39. The molecule has 1 aliphatic rings. The monoisotopic (exact) mass is 255 g/mol. The fourth-order valence-corrected chi connectivity index (χ4v) is 2.47. The zero-order chi connectivity index (χ0) is 13.6. The van der Waals surface area contributed by atoms with Crippen LogP contribution in [-0.2, 0) is 0 Å². The quantitative estimate of drug-likeness (QED) is 0.245. The molecule has 3 N–H and O–H groups in total. The van der Waals surface area contributed by atoms with Crippen molar-refractivity contribution in [2.45, 2.75) is 44.6 Å². The Morgan fingerprint density at radius 2 is 2.00 bits per heavy atom. The van der Waals surface area contributed by atoms with Crippen LogP contribution in [0.4, 0.5) is 0 Å². The average molecular weight is 255 g/mol. The minimum atomic E-state index is 0.303. The topological polar surface area (TPSA) is 56.9 Å². The highest BCUT2D eigenvalue weighted by atomic mass is 15.4. The van der Waals surface area contributed by atoms with Crippen LogP contribution in [0.15, 0.2) is 4.99 Å². The van der Waals surface area contributed by atoms with Crippen molar-refractivity contribution in [1.29, 1.82) is 0 Å². The molecule has 0 aromatic heterocycles. The first-order valence-corrected chi connectivity index (χ1v) is 6.95. The summed E-state index contributed by atoms with van der Waals surface area (Å²) < 4.78 is 0. The Labute approximate surface area is 111 Å². The largest absolute Gasteiger partial charge is 0.343 e. The molecule has 0 aromatic carbocycles. The first kappa shape index (κ1) is 15.2. The van der Waals surface area contributed by atoms with Crippen LogP contribution in [0.3, 0.4) is 0 Å². The van der Waals surface area contributed by atoms with Crippen molar-refractivity contribution >= 4 is 5.96 Å². The molecule has 0 unspecified atom stereocenters. The van der Waals surface area contributed by atoms with E-state index in [2.05, 4.69) is 48.3 Å². The molecule has 0 bridgehead atoms. The molecule has 0 aliphatic heterocycles. The van der Waals surface area contributed by atoms with Crippen LogP contribution >= 0.6 is 0 Å². The summed E-state index contributed by atoms with van der Waals surface area (Å²) in [6.45, 7) is 3.99. The van der Waals surface area contributed by atoms with Crippen LogP contribution in [0.5, 0.6) is 0 Å². The van der Waals surface area contributed by atoms with Gasteiger partial charge in [0, 0.05) is 25.7 Å². The standard InChI is InChI=1S/C13H29N5/c1-5-6-10-15-12(16-14)18(4)11-13(17(2)3)8-7-9-13/h5-11,14H2,1-4H3,(H,15,16). The second-order valence-corrected chi connectivity index (χ2v) is 5.53. The van der Waals surface area contributed by atoms with E-state index in [1.54, 1.807) is 0 Å². The van der Waals surface area contributed by atoms with Crippen molar-refractivity contribution in [3.63, 3.8) is 0 Å². The first-order chi connectivity index (χ1) is 8.55. The number of unbranched alkanes of at least 4 members (excludes halogenated alkanes) is 1. The maximum absolute atomic E-state index is 5.57. The van der Waals surface area contributed by atoms with E-state index in [0.717, 1.165) is 31.9 Å². The SMILES string of the molecule is CCCCN=C(NN)N(C)CC1(N(C)C)CCC1. The third kappa shape index (κ3) is 3.59. The zero-order valence-corrected chi connectivity index (χ0v) is 12.4. The fraction of sp³-hybridized carbons (Fsp3) is 0.923. The molecule has 0 aromatic rings. The molecule has 1 rings (SSSR count). The lowest BCUT2D eigenvalue weighted by molar-refractivity contribution is 0.0423. The maximum Gasteiger partial charge on any atom is 0.208 e. The van der Waals surface area contributed by atoms with Crippen LogP contribution in [0.1, 0.15) is 39.0 Å². The molecule has 18 heavy (non-hydrogen) atoms. The third-order valence-electron chi connectivity index (χ3n) is 4.03. The van der Waals surface area contributed by atoms with Gasteiger partial charge in [0.2, 0.25) is 5.96 Å². The van der Waals surface area contributed by atoms with Crippen LogP contribution in [0, 0.1) is 0 Å². The highest BCUT2D eigenvalue weighted by Crippen LogP contribution is 2.36. The molecular weight excluding hydrogens is 226 g/mol. The minimum absolute atomic E-state index is 0.303. The number of hydrogen-bond donors (Lipinski definition) is 2. The fourth-order valence-electron chi connectivity index (χ4n) is 2.47. The molecule has 1 fully saturated rings. The number of aliphatic imine (C=N–C) groups is 1. The summed E-state index contributed by atoms with van der Waals surface area (Å²) >= 11 is 0. The van der Waals surface area contributed by atoms with E-state index in [1.165, 1.54) is 19.3 Å². The van der Waals surface area contributed by atoms with Gasteiger partial charge in [-0.15, -0.1) is 0 Å². The minimum Gasteiger partial charge on any atom is -0.343 e. The van der Waals surface area contributed by atoms with E-state index in [0.29, 0.717) is 5.54 Å². The number of hydrogen-bond acceptors (Lipinski definition) is 3. The third-order valence-corrected chi connectivity index (χ3v) is 4.03. The van der Waals surface area contributed by atoms with E-state index < -0.39 is 0 Å². The Bertz CT molecular complexity index is 271. The Hall–Kier alpha value is -0.810. The molecular formula is C13H29N5. The highest BCUT2D eigenvalue weighted by molar-refractivity contribution is 5.79. The van der Waals surface area contributed by atoms with Gasteiger partial charge in [0.25, 0.3) is 0 Å². The van der Waals surface area contributed by atoms with Gasteiger partial charge in [-0.2, -0.15) is 0 Å². The van der Waals surface area contributed by atoms with Crippen LogP contribution < -0.4 is 11.3 Å². The predicted octanol–water partition coefficient (Wildman–Crippen LogP) is 1.02. The van der Waals surface area contributed by atoms with Crippen LogP contribution in [0.25, 0.3) is 0 Å². The first-order valence-electron chi connectivity index (χ1n) is 6.95. The van der Waals surface area contributed by atoms with Gasteiger partial charge in [-0.3, -0.25) is 10.4 Å². The van der Waals surface area contributed by atoms with Crippen molar-refractivity contribution in [2.75, 3.05) is 34.2 Å². The number of nitrogens with zero attached hydrogens (tertiary/aromatic N) is 3. The van der Waals surface area contributed by atoms with Crippen LogP contribution in [-0.4, -0.2) is 55.5 Å². The summed E-state index contributed by atoms with van der Waals surface area (Å²) in [6.07, 6.45) is 6.11. The lowest BCUT2D eigenvalue weighted by Gasteiger charge is -2.49. The van der Waals surface area contributed by atoms with Gasteiger partial charge in [-0.25, -0.2) is 5.84 Å². The molecule has 0 saturated heterocycles. The Balaban J connectivity index is 2.56. The lowest BCUT2D eigenvalue weighted by Crippen LogP contribution is -2.59. The van der Waals surface area contributed by atoms with E-state index in [9.17, 15) is 0 Å². The molecule has 0 atom stereocenters. The molecule has 1 aliphatic carbocycles. The van der Waals surface area contributed by atoms with Gasteiger partial charge >= 0.3 is 0 Å². The molecule has 5 nitrogen and oxygen atoms in total. The van der Waals surface area contributed by atoms with Gasteiger partial charge < -0.3 is 9.80 Å². The van der Waals surface area contributed by atoms with Gasteiger partial charge in [-0.05, 0) is 39.8 Å². The summed E-state index contributed by atoms with van der Waals surface area (Å²) in [4.78, 5) is 9.01. The number of rotatable bonds is 6. The van der Waals surface area contributed by atoms with Crippen molar-refractivity contribution in [3.05, 3.63) is 0 Å². The predicted molar refractivity (Wildman–Crippen MR) is 77.4 cm³/mol. The van der Waals surface area contributed by atoms with Gasteiger partial charge in [0.1, 0.15) is 0 Å². The number of nitrogens with one attached hydrogen (secondary N) is 1. The zero-order valence-electron chi connectivity index (χ0n) is 12.4. The lowest BCUT2D eigenvalue weighted by atomic mass is 9.75.